The van der Waals surface area contributed by atoms with Crippen molar-refractivity contribution < 1.29 is 13.6 Å². The number of rotatable bonds is 3. The van der Waals surface area contributed by atoms with E-state index in [1.807, 2.05) is 0 Å². The molecule has 1 fully saturated rings. The summed E-state index contributed by atoms with van der Waals surface area (Å²) in [6.07, 6.45) is 1.83. The van der Waals surface area contributed by atoms with Gasteiger partial charge in [-0.1, -0.05) is 6.07 Å². The molecule has 1 aromatic rings. The van der Waals surface area contributed by atoms with Crippen molar-refractivity contribution in [3.05, 3.63) is 35.4 Å². The predicted molar refractivity (Wildman–Crippen MR) is 71.1 cm³/mol. The molecule has 1 atom stereocenters. The fraction of sp³-hybridized carbons (Fsp3) is 0.462. The van der Waals surface area contributed by atoms with Gasteiger partial charge in [-0.15, -0.1) is 12.4 Å². The molecule has 2 rings (SSSR count). The van der Waals surface area contributed by atoms with E-state index in [0.29, 0.717) is 5.56 Å². The molecule has 0 saturated carbocycles. The summed E-state index contributed by atoms with van der Waals surface area (Å²) in [5, 5.41) is 3.12. The second-order valence-corrected chi connectivity index (χ2v) is 4.59. The van der Waals surface area contributed by atoms with Crippen LogP contribution >= 0.6 is 12.4 Å². The van der Waals surface area contributed by atoms with E-state index in [-0.39, 0.29) is 30.9 Å². The molecule has 1 unspecified atom stereocenters. The van der Waals surface area contributed by atoms with E-state index < -0.39 is 11.6 Å². The molecule has 0 aliphatic carbocycles. The highest BCUT2D eigenvalue weighted by Crippen LogP contribution is 2.13. The Balaban J connectivity index is 0.00000180. The third-order valence-electron chi connectivity index (χ3n) is 3.14. The summed E-state index contributed by atoms with van der Waals surface area (Å²) in [6, 6.07) is 3.56. The van der Waals surface area contributed by atoms with Gasteiger partial charge in [0.05, 0.1) is 6.04 Å². The fourth-order valence-electron chi connectivity index (χ4n) is 2.15. The quantitative estimate of drug-likeness (QED) is 0.925. The second kappa shape index (κ2) is 6.82. The van der Waals surface area contributed by atoms with Gasteiger partial charge in [0.1, 0.15) is 0 Å². The van der Waals surface area contributed by atoms with Gasteiger partial charge in [0.25, 0.3) is 0 Å². The number of halogens is 3. The molecule has 1 N–H and O–H groups in total. The third kappa shape index (κ3) is 3.88. The van der Waals surface area contributed by atoms with Crippen LogP contribution in [-0.4, -0.2) is 30.4 Å². The Hall–Kier alpha value is -1.20. The number of hydrogen-bond donors (Lipinski definition) is 1. The number of benzene rings is 1. The summed E-state index contributed by atoms with van der Waals surface area (Å²) >= 11 is 0. The van der Waals surface area contributed by atoms with Crippen LogP contribution in [0.2, 0.25) is 0 Å². The number of carbonyl (C=O) groups is 1. The fourth-order valence-corrected chi connectivity index (χ4v) is 2.15. The van der Waals surface area contributed by atoms with Crippen molar-refractivity contribution in [2.24, 2.45) is 0 Å². The lowest BCUT2D eigenvalue weighted by Crippen LogP contribution is -2.41. The molecule has 0 spiro atoms. The maximum absolute atomic E-state index is 13.0. The zero-order chi connectivity index (χ0) is 13.1. The zero-order valence-electron chi connectivity index (χ0n) is 10.7. The molecule has 3 nitrogen and oxygen atoms in total. The lowest BCUT2D eigenvalue weighted by molar-refractivity contribution is -0.132. The van der Waals surface area contributed by atoms with Crippen LogP contribution in [0, 0.1) is 11.6 Å². The van der Waals surface area contributed by atoms with Crippen molar-refractivity contribution in [2.75, 3.05) is 13.6 Å². The third-order valence-corrected chi connectivity index (χ3v) is 3.14. The van der Waals surface area contributed by atoms with Crippen LogP contribution in [0.15, 0.2) is 18.2 Å². The van der Waals surface area contributed by atoms with Crippen molar-refractivity contribution in [3.8, 4) is 0 Å². The molecule has 0 radical (unpaired) electrons. The zero-order valence-corrected chi connectivity index (χ0v) is 11.5. The summed E-state index contributed by atoms with van der Waals surface area (Å²) in [7, 11) is 1.67. The summed E-state index contributed by atoms with van der Waals surface area (Å²) < 4.78 is 25.8. The van der Waals surface area contributed by atoms with E-state index in [1.165, 1.54) is 11.0 Å². The molecule has 0 bridgehead atoms. The normalized spacial score (nSPS) is 17.9. The van der Waals surface area contributed by atoms with Crippen LogP contribution in [0.5, 0.6) is 0 Å². The minimum atomic E-state index is -0.882. The first-order valence-electron chi connectivity index (χ1n) is 6.00. The van der Waals surface area contributed by atoms with E-state index in [0.717, 1.165) is 31.5 Å². The van der Waals surface area contributed by atoms with E-state index >= 15 is 0 Å². The molecule has 1 aromatic carbocycles. The van der Waals surface area contributed by atoms with Crippen LogP contribution in [-0.2, 0) is 11.3 Å². The first kappa shape index (κ1) is 15.9. The monoisotopic (exact) mass is 290 g/mol. The maximum atomic E-state index is 13.0. The molecule has 1 saturated heterocycles. The van der Waals surface area contributed by atoms with Crippen molar-refractivity contribution in [1.29, 1.82) is 0 Å². The lowest BCUT2D eigenvalue weighted by atomic mass is 10.1. The molecule has 1 amide bonds. The Kier molecular flexibility index (Phi) is 5.69. The Morgan fingerprint density at radius 2 is 2.16 bits per heavy atom. The number of nitrogens with one attached hydrogen (secondary N) is 1. The molecule has 1 heterocycles. The van der Waals surface area contributed by atoms with Gasteiger partial charge in [-0.2, -0.15) is 0 Å². The lowest BCUT2D eigenvalue weighted by Gasteiger charge is -2.21. The average Bonchev–Trinajstić information content (AvgIpc) is 2.86. The molecular weight excluding hydrogens is 274 g/mol. The van der Waals surface area contributed by atoms with Crippen molar-refractivity contribution in [3.63, 3.8) is 0 Å². The molecular formula is C13H17ClF2N2O. The second-order valence-electron chi connectivity index (χ2n) is 4.59. The van der Waals surface area contributed by atoms with Crippen molar-refractivity contribution in [2.45, 2.75) is 25.4 Å². The molecule has 0 aromatic heterocycles. The Bertz CT molecular complexity index is 450. The van der Waals surface area contributed by atoms with Crippen molar-refractivity contribution in [1.82, 2.24) is 10.2 Å². The first-order chi connectivity index (χ1) is 8.58. The number of likely N-dealkylation sites (N-methyl/N-ethyl adjacent to an activating group) is 1. The number of hydrogen-bond acceptors (Lipinski definition) is 2. The molecule has 1 aliphatic heterocycles. The van der Waals surface area contributed by atoms with Crippen LogP contribution in [0.1, 0.15) is 18.4 Å². The largest absolute Gasteiger partial charge is 0.340 e. The topological polar surface area (TPSA) is 32.3 Å². The van der Waals surface area contributed by atoms with Gasteiger partial charge < -0.3 is 10.2 Å². The highest BCUT2D eigenvalue weighted by molar-refractivity contribution is 5.85. The van der Waals surface area contributed by atoms with Crippen molar-refractivity contribution >= 4 is 18.3 Å². The van der Waals surface area contributed by atoms with Gasteiger partial charge in [0.15, 0.2) is 11.6 Å². The van der Waals surface area contributed by atoms with Gasteiger partial charge >= 0.3 is 0 Å². The summed E-state index contributed by atoms with van der Waals surface area (Å²) in [5.74, 6) is -1.75. The molecule has 19 heavy (non-hydrogen) atoms. The van der Waals surface area contributed by atoms with Gasteiger partial charge in [0, 0.05) is 13.6 Å². The highest BCUT2D eigenvalue weighted by atomic mass is 35.5. The standard InChI is InChI=1S/C13H16F2N2O.ClH/c1-17(13(18)12-3-2-6-16-12)8-9-4-5-10(14)11(15)7-9;/h4-5,7,12,16H,2-3,6,8H2,1H3;1H. The van der Waals surface area contributed by atoms with Crippen LogP contribution < -0.4 is 5.32 Å². The average molecular weight is 291 g/mol. The minimum Gasteiger partial charge on any atom is -0.340 e. The maximum Gasteiger partial charge on any atom is 0.239 e. The summed E-state index contributed by atoms with van der Waals surface area (Å²) in [4.78, 5) is 13.5. The first-order valence-corrected chi connectivity index (χ1v) is 6.00. The van der Waals surface area contributed by atoms with Gasteiger partial charge in [-0.3, -0.25) is 4.79 Å². The Morgan fingerprint density at radius 3 is 2.74 bits per heavy atom. The van der Waals surface area contributed by atoms with Gasteiger partial charge in [-0.25, -0.2) is 8.78 Å². The van der Waals surface area contributed by atoms with E-state index in [4.69, 9.17) is 0 Å². The Labute approximate surface area is 117 Å². The molecule has 6 heteroatoms. The SMILES string of the molecule is CN(Cc1ccc(F)c(F)c1)C(=O)C1CCCN1.Cl. The highest BCUT2D eigenvalue weighted by Gasteiger charge is 2.24. The van der Waals surface area contributed by atoms with Gasteiger partial charge in [0.2, 0.25) is 5.91 Å². The van der Waals surface area contributed by atoms with E-state index in [1.54, 1.807) is 7.05 Å². The number of carbonyl (C=O) groups excluding carboxylic acids is 1. The van der Waals surface area contributed by atoms with Gasteiger partial charge in [-0.05, 0) is 37.1 Å². The van der Waals surface area contributed by atoms with Crippen LogP contribution in [0.4, 0.5) is 8.78 Å². The minimum absolute atomic E-state index is 0. The number of amides is 1. The van der Waals surface area contributed by atoms with E-state index in [9.17, 15) is 13.6 Å². The predicted octanol–water partition coefficient (Wildman–Crippen LogP) is 2.10. The number of nitrogens with zero attached hydrogens (tertiary/aromatic N) is 1. The Morgan fingerprint density at radius 1 is 1.42 bits per heavy atom. The van der Waals surface area contributed by atoms with E-state index in [2.05, 4.69) is 5.32 Å². The molecule has 1 aliphatic rings. The summed E-state index contributed by atoms with van der Waals surface area (Å²) in [6.45, 7) is 1.14. The summed E-state index contributed by atoms with van der Waals surface area (Å²) in [5.41, 5.74) is 0.586. The van der Waals surface area contributed by atoms with Crippen LogP contribution in [0.25, 0.3) is 0 Å². The van der Waals surface area contributed by atoms with Crippen LogP contribution in [0.3, 0.4) is 0 Å². The molecule has 106 valence electrons. The smallest absolute Gasteiger partial charge is 0.239 e.